The molecule has 5 nitrogen and oxygen atoms in total. The van der Waals surface area contributed by atoms with Crippen molar-refractivity contribution in [1.29, 1.82) is 0 Å². The van der Waals surface area contributed by atoms with Gasteiger partial charge in [0, 0.05) is 16.5 Å². The van der Waals surface area contributed by atoms with Gasteiger partial charge in [-0.15, -0.1) is 11.3 Å². The van der Waals surface area contributed by atoms with E-state index < -0.39 is 17.7 Å². The van der Waals surface area contributed by atoms with Crippen LogP contribution in [0.2, 0.25) is 0 Å². The van der Waals surface area contributed by atoms with Crippen LogP contribution in [0.25, 0.3) is 5.76 Å². The molecule has 1 atom stereocenters. The number of amides is 1. The van der Waals surface area contributed by atoms with E-state index in [-0.39, 0.29) is 23.3 Å². The number of likely N-dealkylation sites (tertiary alicyclic amines) is 1. The first-order valence-electron chi connectivity index (χ1n) is 11.0. The highest BCUT2D eigenvalue weighted by Crippen LogP contribution is 2.45. The van der Waals surface area contributed by atoms with Crippen molar-refractivity contribution in [2.24, 2.45) is 0 Å². The zero-order chi connectivity index (χ0) is 22.1. The number of ether oxygens (including phenoxy) is 1. The molecule has 6 heteroatoms. The van der Waals surface area contributed by atoms with Gasteiger partial charge in [0.1, 0.15) is 11.5 Å². The van der Waals surface area contributed by atoms with Crippen LogP contribution in [0.3, 0.4) is 0 Å². The number of Topliss-reactive ketones (excluding diaryl/α,β-unsaturated/α-hetero) is 1. The highest BCUT2D eigenvalue weighted by Gasteiger charge is 2.49. The molecule has 1 aromatic carbocycles. The fourth-order valence-corrected chi connectivity index (χ4v) is 5.56. The number of ketones is 1. The van der Waals surface area contributed by atoms with Gasteiger partial charge in [-0.25, -0.2) is 0 Å². The van der Waals surface area contributed by atoms with E-state index in [1.807, 2.05) is 36.6 Å². The van der Waals surface area contributed by atoms with Crippen molar-refractivity contribution in [3.8, 4) is 5.75 Å². The van der Waals surface area contributed by atoms with Crippen LogP contribution in [0.1, 0.15) is 74.4 Å². The third-order valence-electron chi connectivity index (χ3n) is 6.22. The maximum atomic E-state index is 13.2. The summed E-state index contributed by atoms with van der Waals surface area (Å²) in [6.07, 6.45) is 3.91. The van der Waals surface area contributed by atoms with Crippen LogP contribution in [0.5, 0.6) is 5.75 Å². The Bertz CT molecular complexity index is 1000. The topological polar surface area (TPSA) is 66.8 Å². The normalized spacial score (nSPS) is 21.4. The lowest BCUT2D eigenvalue weighted by Crippen LogP contribution is -2.37. The first-order chi connectivity index (χ1) is 14.9. The largest absolute Gasteiger partial charge is 0.507 e. The van der Waals surface area contributed by atoms with Gasteiger partial charge in [-0.2, -0.15) is 0 Å². The average molecular weight is 440 g/mol. The Labute approximate surface area is 187 Å². The summed E-state index contributed by atoms with van der Waals surface area (Å²) in [5.41, 5.74) is 1.69. The number of aliphatic hydroxyl groups excluding tert-OH is 1. The van der Waals surface area contributed by atoms with Gasteiger partial charge < -0.3 is 14.7 Å². The molecule has 1 saturated carbocycles. The predicted molar refractivity (Wildman–Crippen MR) is 122 cm³/mol. The molecule has 2 fully saturated rings. The summed E-state index contributed by atoms with van der Waals surface area (Å²) in [5, 5.41) is 13.3. The molecule has 164 valence electrons. The molecule has 4 rings (SSSR count). The Hall–Kier alpha value is -2.60. The molecule has 1 aliphatic heterocycles. The Morgan fingerprint density at radius 1 is 1.23 bits per heavy atom. The van der Waals surface area contributed by atoms with E-state index in [1.165, 1.54) is 11.3 Å². The lowest BCUT2D eigenvalue weighted by molar-refractivity contribution is -0.141. The monoisotopic (exact) mass is 439 g/mol. The number of carbonyl (C=O) groups is 2. The van der Waals surface area contributed by atoms with Crippen LogP contribution in [0.4, 0.5) is 0 Å². The molecular weight excluding hydrogens is 410 g/mol. The van der Waals surface area contributed by atoms with Crippen molar-refractivity contribution in [1.82, 2.24) is 4.90 Å². The maximum Gasteiger partial charge on any atom is 0.295 e. The Morgan fingerprint density at radius 2 is 1.97 bits per heavy atom. The first kappa shape index (κ1) is 21.6. The van der Waals surface area contributed by atoms with E-state index in [1.54, 1.807) is 11.0 Å². The zero-order valence-electron chi connectivity index (χ0n) is 18.3. The summed E-state index contributed by atoms with van der Waals surface area (Å²) in [6.45, 7) is 6.61. The number of hydrogen-bond acceptors (Lipinski definition) is 5. The van der Waals surface area contributed by atoms with Crippen molar-refractivity contribution in [2.75, 3.05) is 6.61 Å². The molecule has 1 N–H and O–H groups in total. The number of thiophene rings is 1. The lowest BCUT2D eigenvalue weighted by Gasteiger charge is -2.29. The second kappa shape index (κ2) is 8.87. The fourth-order valence-electron chi connectivity index (χ4n) is 4.72. The van der Waals surface area contributed by atoms with Crippen molar-refractivity contribution in [3.05, 3.63) is 57.3 Å². The Morgan fingerprint density at radius 3 is 2.58 bits per heavy atom. The summed E-state index contributed by atoms with van der Waals surface area (Å²) in [5.74, 6) is -0.245. The molecule has 0 radical (unpaired) electrons. The van der Waals surface area contributed by atoms with Crippen LogP contribution in [-0.2, 0) is 9.59 Å². The van der Waals surface area contributed by atoms with E-state index in [0.717, 1.165) is 41.9 Å². The van der Waals surface area contributed by atoms with Crippen LogP contribution in [0.15, 0.2) is 41.3 Å². The third-order valence-corrected chi connectivity index (χ3v) is 7.14. The summed E-state index contributed by atoms with van der Waals surface area (Å²) in [6, 6.07) is 8.84. The summed E-state index contributed by atoms with van der Waals surface area (Å²) in [4.78, 5) is 28.9. The SMILES string of the molecule is CCOc1ccc(/C(O)=C2/C(=O)C(=O)N(C3CCCC3)C2c2cccs2)cc1C(C)C. The van der Waals surface area contributed by atoms with E-state index >= 15 is 0 Å². The number of rotatable bonds is 6. The number of benzene rings is 1. The quantitative estimate of drug-likeness (QED) is 0.360. The van der Waals surface area contributed by atoms with Crippen LogP contribution in [0, 0.1) is 0 Å². The average Bonchev–Trinajstić information content (AvgIpc) is 3.50. The zero-order valence-corrected chi connectivity index (χ0v) is 19.1. The molecule has 1 unspecified atom stereocenters. The second-order valence-electron chi connectivity index (χ2n) is 8.50. The van der Waals surface area contributed by atoms with Crippen LogP contribution >= 0.6 is 11.3 Å². The molecule has 2 aliphatic rings. The number of carbonyl (C=O) groups excluding carboxylic acids is 2. The smallest absolute Gasteiger partial charge is 0.295 e. The minimum absolute atomic E-state index is 0.0420. The number of aliphatic hydroxyl groups is 1. The third kappa shape index (κ3) is 3.89. The molecule has 0 bridgehead atoms. The summed E-state index contributed by atoms with van der Waals surface area (Å²) in [7, 11) is 0. The standard InChI is InChI=1S/C25H29NO4S/c1-4-30-19-12-11-16(14-18(19)15(2)3)23(27)21-22(20-10-7-13-31-20)26(25(29)24(21)28)17-8-5-6-9-17/h7,10-15,17,22,27H,4-6,8-9H2,1-3H3/b23-21-. The van der Waals surface area contributed by atoms with Gasteiger partial charge in [-0.05, 0) is 60.9 Å². The fraction of sp³-hybridized carbons (Fsp3) is 0.440. The number of nitrogens with zero attached hydrogens (tertiary/aromatic N) is 1. The molecule has 1 aliphatic carbocycles. The maximum absolute atomic E-state index is 13.2. The van der Waals surface area contributed by atoms with E-state index in [9.17, 15) is 14.7 Å². The predicted octanol–water partition coefficient (Wildman–Crippen LogP) is 5.63. The molecule has 1 saturated heterocycles. The summed E-state index contributed by atoms with van der Waals surface area (Å²) >= 11 is 1.51. The highest BCUT2D eigenvalue weighted by atomic mass is 32.1. The minimum atomic E-state index is -0.595. The van der Waals surface area contributed by atoms with Crippen molar-refractivity contribution < 1.29 is 19.4 Å². The van der Waals surface area contributed by atoms with Crippen LogP contribution < -0.4 is 4.74 Å². The molecule has 0 spiro atoms. The Kier molecular flexibility index (Phi) is 6.19. The first-order valence-corrected chi connectivity index (χ1v) is 11.9. The van der Waals surface area contributed by atoms with E-state index in [0.29, 0.717) is 12.2 Å². The van der Waals surface area contributed by atoms with Gasteiger partial charge in [-0.1, -0.05) is 32.8 Å². The van der Waals surface area contributed by atoms with Gasteiger partial charge >= 0.3 is 0 Å². The molecule has 1 aromatic heterocycles. The number of hydrogen-bond donors (Lipinski definition) is 1. The van der Waals surface area contributed by atoms with Crippen molar-refractivity contribution in [3.63, 3.8) is 0 Å². The summed E-state index contributed by atoms with van der Waals surface area (Å²) < 4.78 is 5.74. The molecular formula is C25H29NO4S. The van der Waals surface area contributed by atoms with Crippen molar-refractivity contribution in [2.45, 2.75) is 64.5 Å². The highest BCUT2D eigenvalue weighted by molar-refractivity contribution is 7.10. The van der Waals surface area contributed by atoms with Gasteiger partial charge in [0.15, 0.2) is 0 Å². The van der Waals surface area contributed by atoms with Gasteiger partial charge in [0.25, 0.3) is 11.7 Å². The lowest BCUT2D eigenvalue weighted by atomic mass is 9.95. The van der Waals surface area contributed by atoms with E-state index in [4.69, 9.17) is 4.74 Å². The van der Waals surface area contributed by atoms with Gasteiger partial charge in [0.2, 0.25) is 0 Å². The van der Waals surface area contributed by atoms with Gasteiger partial charge in [0.05, 0.1) is 18.2 Å². The van der Waals surface area contributed by atoms with Crippen molar-refractivity contribution >= 4 is 28.8 Å². The van der Waals surface area contributed by atoms with E-state index in [2.05, 4.69) is 13.8 Å². The second-order valence-corrected chi connectivity index (χ2v) is 9.48. The Balaban J connectivity index is 1.84. The van der Waals surface area contributed by atoms with Crippen LogP contribution in [-0.4, -0.2) is 34.3 Å². The molecule has 2 aromatic rings. The van der Waals surface area contributed by atoms with Gasteiger partial charge in [-0.3, -0.25) is 9.59 Å². The molecule has 31 heavy (non-hydrogen) atoms. The molecule has 2 heterocycles. The molecule has 1 amide bonds. The minimum Gasteiger partial charge on any atom is -0.507 e.